The molecule has 3 N–H and O–H groups in total. The van der Waals surface area contributed by atoms with Crippen LogP contribution < -0.4 is 5.73 Å². The van der Waals surface area contributed by atoms with Gasteiger partial charge in [-0.2, -0.15) is 0 Å². The van der Waals surface area contributed by atoms with Crippen LogP contribution in [0.5, 0.6) is 0 Å². The minimum Gasteiger partial charge on any atom is -0.464 e. The van der Waals surface area contributed by atoms with E-state index in [9.17, 15) is 4.79 Å². The van der Waals surface area contributed by atoms with E-state index in [1.807, 2.05) is 13.8 Å². The van der Waals surface area contributed by atoms with Crippen molar-refractivity contribution in [3.05, 3.63) is 0 Å². The van der Waals surface area contributed by atoms with Crippen LogP contribution in [0.3, 0.4) is 0 Å². The van der Waals surface area contributed by atoms with Gasteiger partial charge >= 0.3 is 5.97 Å². The molecule has 0 saturated carbocycles. The Kier molecular flexibility index (Phi) is 5.66. The molecule has 0 aromatic carbocycles. The summed E-state index contributed by atoms with van der Waals surface area (Å²) < 4.78 is 4.78. The molecule has 4 nitrogen and oxygen atoms in total. The van der Waals surface area contributed by atoms with E-state index in [1.165, 1.54) is 0 Å². The van der Waals surface area contributed by atoms with Crippen LogP contribution in [0.1, 0.15) is 20.3 Å². The summed E-state index contributed by atoms with van der Waals surface area (Å²) in [7, 11) is 0. The van der Waals surface area contributed by atoms with Crippen LogP contribution in [0.4, 0.5) is 0 Å². The van der Waals surface area contributed by atoms with Gasteiger partial charge in [-0.3, -0.25) is 4.79 Å². The second-order valence-corrected chi connectivity index (χ2v) is 3.14. The van der Waals surface area contributed by atoms with Gasteiger partial charge in [0.25, 0.3) is 0 Å². The fourth-order valence-electron chi connectivity index (χ4n) is 0.577. The van der Waals surface area contributed by atoms with Gasteiger partial charge in [-0.15, -0.1) is 0 Å². The standard InChI is InChI=1S/C8H17NO3/c1-6(2)3-4-12-8(11)7(9)5-10/h6-7,10H,3-5,9H2,1-2H3/t7-/m1/s1. The first-order valence-electron chi connectivity index (χ1n) is 4.11. The summed E-state index contributed by atoms with van der Waals surface area (Å²) >= 11 is 0. The topological polar surface area (TPSA) is 72.5 Å². The van der Waals surface area contributed by atoms with Crippen LogP contribution in [-0.2, 0) is 9.53 Å². The fourth-order valence-corrected chi connectivity index (χ4v) is 0.577. The van der Waals surface area contributed by atoms with Crippen molar-refractivity contribution in [3.63, 3.8) is 0 Å². The summed E-state index contributed by atoms with van der Waals surface area (Å²) in [6.45, 7) is 4.10. The predicted molar refractivity (Wildman–Crippen MR) is 45.5 cm³/mol. The SMILES string of the molecule is CC(C)CCOC(=O)[C@H](N)CO. The van der Waals surface area contributed by atoms with Crippen molar-refractivity contribution in [2.75, 3.05) is 13.2 Å². The zero-order valence-electron chi connectivity index (χ0n) is 7.62. The number of ether oxygens (including phenoxy) is 1. The highest BCUT2D eigenvalue weighted by molar-refractivity contribution is 5.75. The predicted octanol–water partition coefficient (Wildman–Crippen LogP) is -0.105. The molecule has 0 aromatic heterocycles. The van der Waals surface area contributed by atoms with Crippen LogP contribution in [0.15, 0.2) is 0 Å². The molecule has 0 radical (unpaired) electrons. The first-order chi connectivity index (χ1) is 5.57. The molecule has 4 heteroatoms. The summed E-state index contributed by atoms with van der Waals surface area (Å²) in [5.41, 5.74) is 5.21. The molecular formula is C8H17NO3. The highest BCUT2D eigenvalue weighted by Crippen LogP contribution is 1.99. The third-order valence-corrected chi connectivity index (χ3v) is 1.44. The lowest BCUT2D eigenvalue weighted by molar-refractivity contribution is -0.146. The molecule has 0 fully saturated rings. The minimum atomic E-state index is -0.892. The van der Waals surface area contributed by atoms with Gasteiger partial charge in [-0.1, -0.05) is 13.8 Å². The Bertz CT molecular complexity index is 136. The van der Waals surface area contributed by atoms with E-state index in [-0.39, 0.29) is 6.61 Å². The number of aliphatic hydroxyl groups is 1. The normalized spacial score (nSPS) is 13.1. The number of carbonyl (C=O) groups is 1. The van der Waals surface area contributed by atoms with E-state index in [0.717, 1.165) is 6.42 Å². The van der Waals surface area contributed by atoms with E-state index < -0.39 is 12.0 Å². The zero-order valence-corrected chi connectivity index (χ0v) is 7.62. The van der Waals surface area contributed by atoms with E-state index in [4.69, 9.17) is 15.6 Å². The third-order valence-electron chi connectivity index (χ3n) is 1.44. The van der Waals surface area contributed by atoms with Crippen molar-refractivity contribution in [2.24, 2.45) is 11.7 Å². The molecule has 72 valence electrons. The third kappa shape index (κ3) is 5.09. The van der Waals surface area contributed by atoms with Crippen LogP contribution in [-0.4, -0.2) is 30.3 Å². The molecule has 0 aromatic rings. The van der Waals surface area contributed by atoms with Gasteiger partial charge in [-0.25, -0.2) is 0 Å². The molecule has 1 atom stereocenters. The Labute approximate surface area is 72.7 Å². The van der Waals surface area contributed by atoms with Crippen LogP contribution >= 0.6 is 0 Å². The molecule has 12 heavy (non-hydrogen) atoms. The summed E-state index contributed by atoms with van der Waals surface area (Å²) in [5.74, 6) is -0.0266. The summed E-state index contributed by atoms with van der Waals surface area (Å²) in [6, 6.07) is -0.892. The quantitative estimate of drug-likeness (QED) is 0.572. The number of nitrogens with two attached hydrogens (primary N) is 1. The van der Waals surface area contributed by atoms with Crippen LogP contribution in [0.25, 0.3) is 0 Å². The number of aliphatic hydroxyl groups excluding tert-OH is 1. The molecule has 0 aliphatic rings. The maximum absolute atomic E-state index is 10.8. The highest BCUT2D eigenvalue weighted by atomic mass is 16.5. The number of rotatable bonds is 5. The van der Waals surface area contributed by atoms with Crippen molar-refractivity contribution in [1.29, 1.82) is 0 Å². The Balaban J connectivity index is 3.44. The van der Waals surface area contributed by atoms with Crippen molar-refractivity contribution < 1.29 is 14.6 Å². The van der Waals surface area contributed by atoms with Gasteiger partial charge in [0.2, 0.25) is 0 Å². The summed E-state index contributed by atoms with van der Waals surface area (Å²) in [5, 5.41) is 8.49. The maximum Gasteiger partial charge on any atom is 0.325 e. The Morgan fingerprint density at radius 1 is 1.58 bits per heavy atom. The second-order valence-electron chi connectivity index (χ2n) is 3.14. The van der Waals surface area contributed by atoms with Gasteiger partial charge in [-0.05, 0) is 12.3 Å². The molecule has 0 amide bonds. The minimum absolute atomic E-state index is 0.361. The van der Waals surface area contributed by atoms with Gasteiger partial charge in [0, 0.05) is 0 Å². The molecular weight excluding hydrogens is 158 g/mol. The number of carbonyl (C=O) groups excluding carboxylic acids is 1. The Morgan fingerprint density at radius 3 is 2.58 bits per heavy atom. The zero-order chi connectivity index (χ0) is 9.56. The average Bonchev–Trinajstić information content (AvgIpc) is 2.02. The molecule has 0 aliphatic carbocycles. The molecule has 0 spiro atoms. The number of esters is 1. The molecule has 0 saturated heterocycles. The Hall–Kier alpha value is -0.610. The first-order valence-corrected chi connectivity index (χ1v) is 4.11. The molecule has 0 unspecified atom stereocenters. The van der Waals surface area contributed by atoms with Gasteiger partial charge in [0.05, 0.1) is 13.2 Å². The van der Waals surface area contributed by atoms with Crippen molar-refractivity contribution in [2.45, 2.75) is 26.3 Å². The lowest BCUT2D eigenvalue weighted by Gasteiger charge is -2.09. The smallest absolute Gasteiger partial charge is 0.325 e. The molecule has 0 heterocycles. The van der Waals surface area contributed by atoms with Gasteiger partial charge < -0.3 is 15.6 Å². The lowest BCUT2D eigenvalue weighted by atomic mass is 10.1. The number of hydrogen-bond acceptors (Lipinski definition) is 4. The van der Waals surface area contributed by atoms with Gasteiger partial charge in [0.1, 0.15) is 6.04 Å². The Morgan fingerprint density at radius 2 is 2.17 bits per heavy atom. The molecule has 0 rings (SSSR count). The summed E-state index contributed by atoms with van der Waals surface area (Å²) in [6.07, 6.45) is 0.823. The second kappa shape index (κ2) is 5.97. The summed E-state index contributed by atoms with van der Waals surface area (Å²) in [4.78, 5) is 10.8. The maximum atomic E-state index is 10.8. The van der Waals surface area contributed by atoms with Gasteiger partial charge in [0.15, 0.2) is 0 Å². The van der Waals surface area contributed by atoms with E-state index in [2.05, 4.69) is 0 Å². The first kappa shape index (κ1) is 11.4. The molecule has 0 bridgehead atoms. The average molecular weight is 175 g/mol. The molecule has 0 aliphatic heterocycles. The fraction of sp³-hybridized carbons (Fsp3) is 0.875. The van der Waals surface area contributed by atoms with Crippen molar-refractivity contribution in [3.8, 4) is 0 Å². The van der Waals surface area contributed by atoms with Crippen LogP contribution in [0, 0.1) is 5.92 Å². The highest BCUT2D eigenvalue weighted by Gasteiger charge is 2.12. The van der Waals surface area contributed by atoms with E-state index in [0.29, 0.717) is 12.5 Å². The largest absolute Gasteiger partial charge is 0.464 e. The van der Waals surface area contributed by atoms with E-state index >= 15 is 0 Å². The van der Waals surface area contributed by atoms with Crippen molar-refractivity contribution in [1.82, 2.24) is 0 Å². The van der Waals surface area contributed by atoms with Crippen LogP contribution in [0.2, 0.25) is 0 Å². The van der Waals surface area contributed by atoms with Crippen molar-refractivity contribution >= 4 is 5.97 Å². The monoisotopic (exact) mass is 175 g/mol. The number of hydrogen-bond donors (Lipinski definition) is 2. The van der Waals surface area contributed by atoms with E-state index in [1.54, 1.807) is 0 Å². The lowest BCUT2D eigenvalue weighted by Crippen LogP contribution is -2.35.